The number of aliphatic carboxylic acids is 1. The molecule has 1 heterocycles. The Labute approximate surface area is 402 Å². The quantitative estimate of drug-likeness (QED) is 0.0332. The number of amides is 8. The standard InChI is InChI=1S/C45H75N11O13/c1-24(2)21-33(40(63)51-31(11-6-8-18-46)39(62)55-36(27(5)58)43(66)52-32(45(68)69)12-7-9-19-47)53-41(64)34(22-28-14-16-29(59)17-15-28)54-42(65)35-13-10-20-56(35)44(67)26(4)50-37(60)25(3)49-38(61)30(48)23-57/h14-17,24-27,30-36,57-59H,6-13,18-23,46-48H2,1-5H3,(H,49,61)(H,50,60)(H,51,63)(H,52,66)(H,53,64)(H,54,65)(H,55,62)(H,68,69)/t25-,26-,27+,30-,31-,32-,33-,34-,35-,36-/m0/s1. The normalized spacial score (nSPS) is 17.4. The molecule has 2 rings (SSSR count). The molecule has 17 N–H and O–H groups in total. The molecule has 1 aliphatic heterocycles. The number of phenolic OH excluding ortho intramolecular Hbond substituents is 1. The SMILES string of the molecule is CC(C)C[C@H](NC(=O)[C@H](Cc1ccc(O)cc1)NC(=O)[C@@H]1CCCN1C(=O)[C@H](C)NC(=O)[C@H](C)NC(=O)[C@@H](N)CO)C(=O)N[C@@H](CCCCN)C(=O)N[C@H](C(=O)N[C@@H](CCCCN)C(=O)O)[C@@H](C)O. The predicted octanol–water partition coefficient (Wildman–Crippen LogP) is -3.55. The molecule has 10 atom stereocenters. The molecule has 0 bridgehead atoms. The van der Waals surface area contributed by atoms with Gasteiger partial charge >= 0.3 is 5.97 Å². The first-order chi connectivity index (χ1) is 32.5. The van der Waals surface area contributed by atoms with Crippen molar-refractivity contribution in [1.82, 2.24) is 42.1 Å². The Hall–Kier alpha value is -5.95. The summed E-state index contributed by atoms with van der Waals surface area (Å²) in [6.45, 7) is 7.63. The van der Waals surface area contributed by atoms with Gasteiger partial charge in [0.15, 0.2) is 0 Å². The number of aliphatic hydroxyl groups excluding tert-OH is 2. The van der Waals surface area contributed by atoms with Crippen LogP contribution in [-0.4, -0.2) is 165 Å². The smallest absolute Gasteiger partial charge is 0.326 e. The van der Waals surface area contributed by atoms with Crippen molar-refractivity contribution < 1.29 is 63.6 Å². The molecule has 8 amide bonds. The summed E-state index contributed by atoms with van der Waals surface area (Å²) in [7, 11) is 0. The minimum Gasteiger partial charge on any atom is -0.508 e. The van der Waals surface area contributed by atoms with Gasteiger partial charge in [-0.2, -0.15) is 0 Å². The maximum Gasteiger partial charge on any atom is 0.326 e. The molecule has 0 radical (unpaired) electrons. The van der Waals surface area contributed by atoms with Crippen molar-refractivity contribution in [3.63, 3.8) is 0 Å². The number of phenols is 1. The summed E-state index contributed by atoms with van der Waals surface area (Å²) in [5, 5.41) is 57.0. The van der Waals surface area contributed by atoms with Crippen LogP contribution in [0.4, 0.5) is 0 Å². The number of nitrogens with zero attached hydrogens (tertiary/aromatic N) is 1. The lowest BCUT2D eigenvalue weighted by Crippen LogP contribution is -2.61. The van der Waals surface area contributed by atoms with Crippen molar-refractivity contribution in [2.24, 2.45) is 23.1 Å². The Bertz CT molecular complexity index is 1890. The zero-order valence-corrected chi connectivity index (χ0v) is 40.2. The van der Waals surface area contributed by atoms with Crippen LogP contribution in [-0.2, 0) is 49.6 Å². The fourth-order valence-corrected chi connectivity index (χ4v) is 7.45. The van der Waals surface area contributed by atoms with Crippen LogP contribution >= 0.6 is 0 Å². The van der Waals surface area contributed by atoms with Crippen molar-refractivity contribution in [2.75, 3.05) is 26.2 Å². The number of aromatic hydroxyl groups is 1. The number of carboxylic acid groups (broad SMARTS) is 1. The summed E-state index contributed by atoms with van der Waals surface area (Å²) in [6.07, 6.45) is 0.802. The van der Waals surface area contributed by atoms with Gasteiger partial charge in [0.05, 0.1) is 12.7 Å². The molecule has 1 aliphatic rings. The van der Waals surface area contributed by atoms with Gasteiger partial charge in [-0.15, -0.1) is 0 Å². The van der Waals surface area contributed by atoms with Crippen LogP contribution in [0.3, 0.4) is 0 Å². The number of unbranched alkanes of at least 4 members (excludes halogenated alkanes) is 2. The van der Waals surface area contributed by atoms with E-state index >= 15 is 0 Å². The summed E-state index contributed by atoms with van der Waals surface area (Å²) in [5.74, 6) is -7.87. The lowest BCUT2D eigenvalue weighted by atomic mass is 9.99. The average molecular weight is 978 g/mol. The molecule has 24 heteroatoms. The Kier molecular flexibility index (Phi) is 25.6. The topological polar surface area (TPSA) is 400 Å². The van der Waals surface area contributed by atoms with Gasteiger partial charge in [-0.1, -0.05) is 26.0 Å². The van der Waals surface area contributed by atoms with E-state index in [1.165, 1.54) is 49.9 Å². The maximum absolute atomic E-state index is 14.3. The first-order valence-electron chi connectivity index (χ1n) is 23.4. The Morgan fingerprint density at radius 1 is 0.667 bits per heavy atom. The number of likely N-dealkylation sites (tertiary alicyclic amines) is 1. The molecule has 388 valence electrons. The zero-order valence-electron chi connectivity index (χ0n) is 40.2. The van der Waals surface area contributed by atoms with E-state index in [0.717, 1.165) is 0 Å². The zero-order chi connectivity index (χ0) is 52.0. The summed E-state index contributed by atoms with van der Waals surface area (Å²) in [5.41, 5.74) is 17.2. The number of hydrogen-bond donors (Lipinski definition) is 14. The average Bonchev–Trinajstić information content (AvgIpc) is 3.79. The molecule has 0 unspecified atom stereocenters. The highest BCUT2D eigenvalue weighted by molar-refractivity contribution is 5.98. The number of nitrogens with two attached hydrogens (primary N) is 3. The minimum absolute atomic E-state index is 0.0233. The number of carboxylic acids is 1. The second kappa shape index (κ2) is 29.8. The molecule has 1 saturated heterocycles. The molecule has 1 aromatic carbocycles. The van der Waals surface area contributed by atoms with Gasteiger partial charge in [-0.3, -0.25) is 38.4 Å². The molecule has 24 nitrogen and oxygen atoms in total. The van der Waals surface area contributed by atoms with E-state index in [1.807, 2.05) is 0 Å². The van der Waals surface area contributed by atoms with Crippen molar-refractivity contribution in [3.05, 3.63) is 29.8 Å². The predicted molar refractivity (Wildman–Crippen MR) is 251 cm³/mol. The Morgan fingerprint density at radius 3 is 1.75 bits per heavy atom. The number of rotatable bonds is 30. The summed E-state index contributed by atoms with van der Waals surface area (Å²) in [4.78, 5) is 121. The van der Waals surface area contributed by atoms with Crippen molar-refractivity contribution in [3.8, 4) is 5.75 Å². The van der Waals surface area contributed by atoms with Crippen molar-refractivity contribution in [1.29, 1.82) is 0 Å². The molecular weight excluding hydrogens is 903 g/mol. The number of carbonyl (C=O) groups is 9. The summed E-state index contributed by atoms with van der Waals surface area (Å²) < 4.78 is 0. The summed E-state index contributed by atoms with van der Waals surface area (Å²) >= 11 is 0. The number of hydrogen-bond acceptors (Lipinski definition) is 15. The molecule has 0 spiro atoms. The van der Waals surface area contributed by atoms with Crippen LogP contribution in [0.5, 0.6) is 5.75 Å². The molecule has 0 saturated carbocycles. The van der Waals surface area contributed by atoms with E-state index in [0.29, 0.717) is 44.2 Å². The Balaban J connectivity index is 2.36. The first kappa shape index (κ1) is 59.2. The van der Waals surface area contributed by atoms with Gasteiger partial charge in [-0.05, 0) is 115 Å². The van der Waals surface area contributed by atoms with Crippen LogP contribution in [0.15, 0.2) is 24.3 Å². The molecule has 69 heavy (non-hydrogen) atoms. The lowest BCUT2D eigenvalue weighted by Gasteiger charge is -2.30. The van der Waals surface area contributed by atoms with Crippen LogP contribution < -0.4 is 54.4 Å². The van der Waals surface area contributed by atoms with Gasteiger partial charge in [-0.25, -0.2) is 4.79 Å². The number of carbonyl (C=O) groups excluding carboxylic acids is 8. The van der Waals surface area contributed by atoms with E-state index < -0.39 is 120 Å². The molecule has 1 aromatic rings. The third kappa shape index (κ3) is 19.9. The third-order valence-corrected chi connectivity index (χ3v) is 11.4. The van der Waals surface area contributed by atoms with Gasteiger partial charge < -0.3 is 79.7 Å². The van der Waals surface area contributed by atoms with E-state index in [9.17, 15) is 58.5 Å². The highest BCUT2D eigenvalue weighted by Crippen LogP contribution is 2.20. The van der Waals surface area contributed by atoms with Gasteiger partial charge in [0, 0.05) is 13.0 Å². The molecular formula is C45H75N11O13. The fourth-order valence-electron chi connectivity index (χ4n) is 7.45. The van der Waals surface area contributed by atoms with Crippen LogP contribution in [0.25, 0.3) is 0 Å². The Morgan fingerprint density at radius 2 is 1.20 bits per heavy atom. The largest absolute Gasteiger partial charge is 0.508 e. The van der Waals surface area contributed by atoms with E-state index in [-0.39, 0.29) is 56.9 Å². The van der Waals surface area contributed by atoms with E-state index in [2.05, 4.69) is 37.2 Å². The number of benzene rings is 1. The fraction of sp³-hybridized carbons (Fsp3) is 0.667. The van der Waals surface area contributed by atoms with Crippen LogP contribution in [0.2, 0.25) is 0 Å². The van der Waals surface area contributed by atoms with E-state index in [4.69, 9.17) is 22.3 Å². The second-order valence-electron chi connectivity index (χ2n) is 17.8. The van der Waals surface area contributed by atoms with E-state index in [1.54, 1.807) is 13.8 Å². The number of nitrogens with one attached hydrogen (secondary N) is 7. The van der Waals surface area contributed by atoms with Crippen molar-refractivity contribution >= 4 is 53.2 Å². The third-order valence-electron chi connectivity index (χ3n) is 11.4. The van der Waals surface area contributed by atoms with Crippen LogP contribution in [0.1, 0.15) is 98.0 Å². The van der Waals surface area contributed by atoms with Crippen molar-refractivity contribution in [2.45, 2.75) is 159 Å². The summed E-state index contributed by atoms with van der Waals surface area (Å²) in [6, 6.07) is -5.68. The lowest BCUT2D eigenvalue weighted by molar-refractivity contribution is -0.143. The molecule has 0 aliphatic carbocycles. The van der Waals surface area contributed by atoms with Gasteiger partial charge in [0.1, 0.15) is 60.1 Å². The maximum atomic E-state index is 14.3. The van der Waals surface area contributed by atoms with Crippen LogP contribution in [0, 0.1) is 5.92 Å². The molecule has 0 aromatic heterocycles. The highest BCUT2D eigenvalue weighted by atomic mass is 16.4. The second-order valence-corrected chi connectivity index (χ2v) is 17.8. The highest BCUT2D eigenvalue weighted by Gasteiger charge is 2.39. The molecule has 1 fully saturated rings. The minimum atomic E-state index is -1.62. The number of aliphatic hydroxyl groups is 2. The monoisotopic (exact) mass is 978 g/mol. The first-order valence-corrected chi connectivity index (χ1v) is 23.4. The van der Waals surface area contributed by atoms with Gasteiger partial charge in [0.25, 0.3) is 0 Å². The van der Waals surface area contributed by atoms with Gasteiger partial charge in [0.2, 0.25) is 47.3 Å².